The second-order valence-corrected chi connectivity index (χ2v) is 12.3. The van der Waals surface area contributed by atoms with Crippen LogP contribution in [0.2, 0.25) is 0 Å². The monoisotopic (exact) mass is 488 g/mol. The van der Waals surface area contributed by atoms with Crippen molar-refractivity contribution >= 4 is 15.7 Å². The number of ether oxygens (including phenoxy) is 1. The van der Waals surface area contributed by atoms with Crippen molar-refractivity contribution in [3.8, 4) is 11.3 Å². The van der Waals surface area contributed by atoms with Gasteiger partial charge in [-0.05, 0) is 74.1 Å². The first-order valence-electron chi connectivity index (χ1n) is 12.2. The molecule has 3 fully saturated rings. The Hall–Kier alpha value is -2.10. The number of sulfone groups is 1. The maximum atomic E-state index is 13.8. The van der Waals surface area contributed by atoms with E-state index in [1.54, 1.807) is 6.07 Å². The molecule has 1 N–H and O–H groups in total. The molecule has 0 unspecified atom stereocenters. The predicted octanol–water partition coefficient (Wildman–Crippen LogP) is 3.54. The largest absolute Gasteiger partial charge is 0.381 e. The molecule has 1 saturated carbocycles. The van der Waals surface area contributed by atoms with Gasteiger partial charge in [0, 0.05) is 50.7 Å². The molecule has 2 atom stereocenters. The fourth-order valence-corrected chi connectivity index (χ4v) is 6.69. The van der Waals surface area contributed by atoms with E-state index < -0.39 is 15.7 Å². The van der Waals surface area contributed by atoms with Gasteiger partial charge in [0.2, 0.25) is 0 Å². The first kappa shape index (κ1) is 23.6. The van der Waals surface area contributed by atoms with Gasteiger partial charge in [-0.15, -0.1) is 10.2 Å². The van der Waals surface area contributed by atoms with Crippen molar-refractivity contribution in [1.82, 2.24) is 15.1 Å². The molecule has 0 bridgehead atoms. The van der Waals surface area contributed by atoms with Crippen LogP contribution in [0.15, 0.2) is 29.2 Å². The summed E-state index contributed by atoms with van der Waals surface area (Å²) in [5, 5.41) is 11.9. The van der Waals surface area contributed by atoms with Crippen LogP contribution in [0.1, 0.15) is 31.2 Å². The molecule has 1 aliphatic carbocycles. The minimum absolute atomic E-state index is 0.111. The molecule has 1 aromatic carbocycles. The van der Waals surface area contributed by atoms with Crippen molar-refractivity contribution in [1.29, 1.82) is 0 Å². The second-order valence-electron chi connectivity index (χ2n) is 10.3. The van der Waals surface area contributed by atoms with Crippen molar-refractivity contribution < 1.29 is 17.5 Å². The third-order valence-electron chi connectivity index (χ3n) is 7.66. The highest BCUT2D eigenvalue weighted by molar-refractivity contribution is 7.90. The summed E-state index contributed by atoms with van der Waals surface area (Å²) in [5.74, 6) is 1.90. The van der Waals surface area contributed by atoms with E-state index in [-0.39, 0.29) is 10.9 Å². The molecule has 1 aromatic heterocycles. The number of aromatic nitrogens is 2. The number of anilines is 1. The Morgan fingerprint density at radius 3 is 2.50 bits per heavy atom. The maximum Gasteiger partial charge on any atom is 0.179 e. The van der Waals surface area contributed by atoms with E-state index in [9.17, 15) is 12.8 Å². The van der Waals surface area contributed by atoms with Gasteiger partial charge in [0.1, 0.15) is 10.7 Å². The molecule has 0 amide bonds. The Labute approximate surface area is 201 Å². The highest BCUT2D eigenvalue weighted by Crippen LogP contribution is 2.40. The lowest BCUT2D eigenvalue weighted by Gasteiger charge is -2.27. The summed E-state index contributed by atoms with van der Waals surface area (Å²) in [6.07, 6.45) is 5.51. The smallest absolute Gasteiger partial charge is 0.179 e. The average molecular weight is 489 g/mol. The Kier molecular flexibility index (Phi) is 6.61. The van der Waals surface area contributed by atoms with Crippen LogP contribution in [0.3, 0.4) is 0 Å². The van der Waals surface area contributed by atoms with Gasteiger partial charge in [-0.2, -0.15) is 0 Å². The van der Waals surface area contributed by atoms with Gasteiger partial charge in [-0.25, -0.2) is 12.8 Å². The lowest BCUT2D eigenvalue weighted by atomic mass is 10.00. The van der Waals surface area contributed by atoms with E-state index in [1.807, 2.05) is 6.92 Å². The normalized spacial score (nSPS) is 24.4. The standard InChI is InChI=1S/C25H33FN4O3S/c1-16-3-4-20(26)11-22(16)23-12-24(34(2,31)32)25(29-28-23)27-21-9-18-14-30(15-19(18)10-21)13-17-5-7-33-8-6-17/h3-4,11-12,17-19,21H,5-10,13-15H2,1-2H3,(H,27,29)/t18-,19-/m1/s1. The predicted molar refractivity (Wildman–Crippen MR) is 129 cm³/mol. The lowest BCUT2D eigenvalue weighted by Crippen LogP contribution is -2.32. The number of likely N-dealkylation sites (tertiary alicyclic amines) is 1. The van der Waals surface area contributed by atoms with E-state index in [2.05, 4.69) is 20.4 Å². The zero-order valence-electron chi connectivity index (χ0n) is 19.8. The Bertz CT molecular complexity index is 1140. The summed E-state index contributed by atoms with van der Waals surface area (Å²) < 4.78 is 44.5. The fraction of sp³-hybridized carbons (Fsp3) is 0.600. The highest BCUT2D eigenvalue weighted by Gasteiger charge is 2.41. The zero-order valence-corrected chi connectivity index (χ0v) is 20.7. The van der Waals surface area contributed by atoms with Gasteiger partial charge in [-0.1, -0.05) is 6.07 Å². The van der Waals surface area contributed by atoms with Crippen molar-refractivity contribution in [3.05, 3.63) is 35.6 Å². The van der Waals surface area contributed by atoms with Gasteiger partial charge in [0.05, 0.1) is 5.69 Å². The van der Waals surface area contributed by atoms with E-state index in [1.165, 1.54) is 31.0 Å². The summed E-state index contributed by atoms with van der Waals surface area (Å²) in [5.41, 5.74) is 1.71. The van der Waals surface area contributed by atoms with Gasteiger partial charge >= 0.3 is 0 Å². The molecule has 184 valence electrons. The molecule has 7 nitrogen and oxygen atoms in total. The molecule has 5 rings (SSSR count). The molecule has 0 radical (unpaired) electrons. The van der Waals surface area contributed by atoms with E-state index >= 15 is 0 Å². The molecular weight excluding hydrogens is 455 g/mol. The van der Waals surface area contributed by atoms with Gasteiger partial charge in [-0.3, -0.25) is 0 Å². The van der Waals surface area contributed by atoms with Crippen molar-refractivity contribution in [3.63, 3.8) is 0 Å². The molecule has 0 spiro atoms. The molecule has 3 heterocycles. The Morgan fingerprint density at radius 1 is 1.12 bits per heavy atom. The van der Waals surface area contributed by atoms with Crippen molar-refractivity contribution in [2.45, 2.75) is 43.5 Å². The third kappa shape index (κ3) is 5.11. The fourth-order valence-electron chi connectivity index (χ4n) is 5.91. The van der Waals surface area contributed by atoms with E-state index in [0.29, 0.717) is 28.9 Å². The minimum atomic E-state index is -3.55. The Balaban J connectivity index is 1.27. The number of halogens is 1. The third-order valence-corrected chi connectivity index (χ3v) is 8.77. The molecular formula is C25H33FN4O3S. The summed E-state index contributed by atoms with van der Waals surface area (Å²) >= 11 is 0. The number of fused-ring (bicyclic) bond motifs is 1. The Morgan fingerprint density at radius 2 is 1.82 bits per heavy atom. The molecule has 34 heavy (non-hydrogen) atoms. The van der Waals surface area contributed by atoms with E-state index in [0.717, 1.165) is 63.5 Å². The number of rotatable bonds is 6. The average Bonchev–Trinajstić information content (AvgIpc) is 3.33. The van der Waals surface area contributed by atoms with Crippen molar-refractivity contribution in [2.75, 3.05) is 44.4 Å². The number of hydrogen-bond donors (Lipinski definition) is 1. The van der Waals surface area contributed by atoms with Gasteiger partial charge < -0.3 is 15.0 Å². The topological polar surface area (TPSA) is 84.4 Å². The molecule has 2 saturated heterocycles. The number of nitrogens with zero attached hydrogens (tertiary/aromatic N) is 3. The molecule has 3 aliphatic rings. The number of hydrogen-bond acceptors (Lipinski definition) is 7. The van der Waals surface area contributed by atoms with Gasteiger partial charge in [0.15, 0.2) is 15.7 Å². The highest BCUT2D eigenvalue weighted by atomic mass is 32.2. The summed E-state index contributed by atoms with van der Waals surface area (Å²) in [7, 11) is -3.55. The minimum Gasteiger partial charge on any atom is -0.381 e. The van der Waals surface area contributed by atoms with Crippen LogP contribution < -0.4 is 5.32 Å². The number of aryl methyl sites for hydroxylation is 1. The first-order chi connectivity index (χ1) is 16.3. The van der Waals surface area contributed by atoms with Crippen LogP contribution in [0.5, 0.6) is 0 Å². The quantitative estimate of drug-likeness (QED) is 0.666. The van der Waals surface area contributed by atoms with Crippen LogP contribution in [0.25, 0.3) is 11.3 Å². The van der Waals surface area contributed by atoms with E-state index in [4.69, 9.17) is 4.74 Å². The lowest BCUT2D eigenvalue weighted by molar-refractivity contribution is 0.0545. The SMILES string of the molecule is Cc1ccc(F)cc1-c1cc(S(C)(=O)=O)c(NC2C[C@@H]3CN(CC4CCOCC4)C[C@H]3C2)nn1. The zero-order chi connectivity index (χ0) is 23.9. The number of nitrogens with one attached hydrogen (secondary N) is 1. The van der Waals surface area contributed by atoms with Crippen LogP contribution in [-0.4, -0.2) is 68.7 Å². The first-order valence-corrected chi connectivity index (χ1v) is 14.1. The summed E-state index contributed by atoms with van der Waals surface area (Å²) in [4.78, 5) is 2.72. The van der Waals surface area contributed by atoms with Crippen LogP contribution in [-0.2, 0) is 14.6 Å². The summed E-state index contributed by atoms with van der Waals surface area (Å²) in [6, 6.07) is 6.08. The molecule has 9 heteroatoms. The second kappa shape index (κ2) is 9.51. The molecule has 2 aromatic rings. The van der Waals surface area contributed by atoms with Crippen LogP contribution >= 0.6 is 0 Å². The number of benzene rings is 1. The maximum absolute atomic E-state index is 13.8. The summed E-state index contributed by atoms with van der Waals surface area (Å²) in [6.45, 7) is 7.01. The van der Waals surface area contributed by atoms with Crippen LogP contribution in [0.4, 0.5) is 10.2 Å². The van der Waals surface area contributed by atoms with Gasteiger partial charge in [0.25, 0.3) is 0 Å². The van der Waals surface area contributed by atoms with Crippen molar-refractivity contribution in [2.24, 2.45) is 17.8 Å². The van der Waals surface area contributed by atoms with Crippen LogP contribution in [0, 0.1) is 30.5 Å². The molecule has 2 aliphatic heterocycles.